The molecule has 29 heavy (non-hydrogen) atoms. The standard InChI is InChI=1S/C20H29N3O5S/c1-6-21-17(25)12-7-11(8-22(12)20(21,4)5)29-16-9(2)14-13(10(3)24)18(26)23(14)15(16)19(27)28/h9-14,24H,6-8H2,1-5H3,(H,27,28)/t9-,10-,11+,12?,13-,14-/m1/s1. The van der Waals surface area contributed by atoms with Crippen LogP contribution in [-0.2, 0) is 14.4 Å². The highest BCUT2D eigenvalue weighted by molar-refractivity contribution is 8.03. The van der Waals surface area contributed by atoms with Gasteiger partial charge in [-0.25, -0.2) is 4.79 Å². The fourth-order valence-corrected chi connectivity index (χ4v) is 7.25. The molecule has 2 N–H and O–H groups in total. The third kappa shape index (κ3) is 2.70. The van der Waals surface area contributed by atoms with Gasteiger partial charge in [-0.3, -0.25) is 14.5 Å². The van der Waals surface area contributed by atoms with Gasteiger partial charge in [0.15, 0.2) is 0 Å². The lowest BCUT2D eigenvalue weighted by Gasteiger charge is -2.46. The molecule has 9 heteroatoms. The number of aliphatic hydroxyl groups excluding tert-OH is 1. The monoisotopic (exact) mass is 423 g/mol. The predicted octanol–water partition coefficient (Wildman–Crippen LogP) is 0.914. The van der Waals surface area contributed by atoms with E-state index < -0.39 is 18.0 Å². The van der Waals surface area contributed by atoms with Crippen LogP contribution in [0.2, 0.25) is 0 Å². The topological polar surface area (TPSA) is 101 Å². The zero-order valence-electron chi connectivity index (χ0n) is 17.5. The Kier molecular flexibility index (Phi) is 4.79. The molecule has 0 aromatic heterocycles. The lowest BCUT2D eigenvalue weighted by molar-refractivity contribution is -0.163. The SMILES string of the molecule is CCN1C(=O)C2C[C@H](SC3=C(C(=O)O)N4C(=O)[C@H]([C@@H](C)O)[C@H]4[C@H]3C)CN2C1(C)C. The number of carbonyl (C=O) groups is 3. The number of rotatable bonds is 5. The van der Waals surface area contributed by atoms with Crippen LogP contribution in [0.5, 0.6) is 0 Å². The largest absolute Gasteiger partial charge is 0.477 e. The van der Waals surface area contributed by atoms with E-state index in [1.807, 2.05) is 18.7 Å². The van der Waals surface area contributed by atoms with Crippen LogP contribution in [0.25, 0.3) is 0 Å². The molecule has 0 radical (unpaired) electrons. The van der Waals surface area contributed by atoms with E-state index in [9.17, 15) is 24.6 Å². The van der Waals surface area contributed by atoms with Gasteiger partial charge in [0, 0.05) is 29.2 Å². The van der Waals surface area contributed by atoms with Crippen LogP contribution >= 0.6 is 11.8 Å². The molecule has 4 aliphatic heterocycles. The average molecular weight is 424 g/mol. The van der Waals surface area contributed by atoms with Gasteiger partial charge in [0.25, 0.3) is 0 Å². The summed E-state index contributed by atoms with van der Waals surface area (Å²) >= 11 is 1.50. The molecule has 0 saturated carbocycles. The van der Waals surface area contributed by atoms with Gasteiger partial charge in [-0.2, -0.15) is 0 Å². The van der Waals surface area contributed by atoms with Crippen LogP contribution in [0.4, 0.5) is 0 Å². The van der Waals surface area contributed by atoms with Crippen LogP contribution in [-0.4, -0.2) is 84.9 Å². The number of aliphatic carboxylic acids is 1. The smallest absolute Gasteiger partial charge is 0.353 e. The summed E-state index contributed by atoms with van der Waals surface area (Å²) in [5, 5.41) is 19.9. The lowest BCUT2D eigenvalue weighted by Crippen LogP contribution is -2.63. The first-order chi connectivity index (χ1) is 13.5. The van der Waals surface area contributed by atoms with E-state index in [-0.39, 0.29) is 46.4 Å². The van der Waals surface area contributed by atoms with E-state index in [2.05, 4.69) is 18.7 Å². The Balaban J connectivity index is 1.57. The first kappa shape index (κ1) is 20.7. The van der Waals surface area contributed by atoms with Crippen molar-refractivity contribution in [1.29, 1.82) is 0 Å². The molecule has 2 amide bonds. The van der Waals surface area contributed by atoms with Crippen LogP contribution in [0.1, 0.15) is 41.0 Å². The van der Waals surface area contributed by atoms with E-state index in [0.717, 1.165) is 0 Å². The minimum atomic E-state index is -1.11. The number of carboxylic acids is 1. The molecule has 0 spiro atoms. The quantitative estimate of drug-likeness (QED) is 0.634. The maximum Gasteiger partial charge on any atom is 0.353 e. The Morgan fingerprint density at radius 1 is 1.31 bits per heavy atom. The Morgan fingerprint density at radius 2 is 1.97 bits per heavy atom. The van der Waals surface area contributed by atoms with E-state index in [4.69, 9.17) is 0 Å². The molecule has 3 saturated heterocycles. The van der Waals surface area contributed by atoms with Crippen molar-refractivity contribution in [2.24, 2.45) is 11.8 Å². The normalized spacial score (nSPS) is 37.1. The number of carboxylic acid groups (broad SMARTS) is 1. The number of carbonyl (C=O) groups excluding carboxylic acids is 2. The van der Waals surface area contributed by atoms with Crippen molar-refractivity contribution >= 4 is 29.5 Å². The summed E-state index contributed by atoms with van der Waals surface area (Å²) in [5.74, 6) is -1.98. The number of fused-ring (bicyclic) bond motifs is 2. The second kappa shape index (κ2) is 6.72. The Hall–Kier alpha value is -1.58. The summed E-state index contributed by atoms with van der Waals surface area (Å²) in [5.41, 5.74) is -0.297. The molecule has 160 valence electrons. The van der Waals surface area contributed by atoms with Gasteiger partial charge in [0.1, 0.15) is 5.70 Å². The van der Waals surface area contributed by atoms with Crippen LogP contribution in [0.3, 0.4) is 0 Å². The first-order valence-corrected chi connectivity index (χ1v) is 11.1. The molecule has 0 aromatic carbocycles. The Bertz CT molecular complexity index is 810. The van der Waals surface area contributed by atoms with Crippen molar-refractivity contribution in [2.45, 2.75) is 70.1 Å². The minimum absolute atomic E-state index is 0.0576. The Labute approximate surface area is 174 Å². The van der Waals surface area contributed by atoms with E-state index >= 15 is 0 Å². The summed E-state index contributed by atoms with van der Waals surface area (Å²) in [7, 11) is 0. The molecule has 0 aromatic rings. The number of nitrogens with zero attached hydrogens (tertiary/aromatic N) is 3. The number of thioether (sulfide) groups is 1. The predicted molar refractivity (Wildman–Crippen MR) is 108 cm³/mol. The van der Waals surface area contributed by atoms with Gasteiger partial charge in [-0.05, 0) is 34.1 Å². The number of likely N-dealkylation sites (N-methyl/N-ethyl adjacent to an activating group) is 1. The highest BCUT2D eigenvalue weighted by Crippen LogP contribution is 2.53. The van der Waals surface area contributed by atoms with Crippen molar-refractivity contribution < 1.29 is 24.6 Å². The summed E-state index contributed by atoms with van der Waals surface area (Å²) in [6.45, 7) is 11.0. The second-order valence-corrected chi connectivity index (χ2v) is 10.3. The average Bonchev–Trinajstić information content (AvgIpc) is 3.19. The van der Waals surface area contributed by atoms with Gasteiger partial charge in [-0.1, -0.05) is 6.92 Å². The third-order valence-electron chi connectivity index (χ3n) is 7.10. The maximum atomic E-state index is 12.8. The maximum absolute atomic E-state index is 12.8. The van der Waals surface area contributed by atoms with Gasteiger partial charge in [-0.15, -0.1) is 11.8 Å². The van der Waals surface area contributed by atoms with Crippen molar-refractivity contribution in [2.75, 3.05) is 13.1 Å². The van der Waals surface area contributed by atoms with Crippen molar-refractivity contribution in [3.63, 3.8) is 0 Å². The molecule has 3 fully saturated rings. The number of hydrogen-bond acceptors (Lipinski definition) is 6. The molecular formula is C20H29N3O5S. The third-order valence-corrected chi connectivity index (χ3v) is 8.59. The van der Waals surface area contributed by atoms with Gasteiger partial charge in [0.05, 0.1) is 29.8 Å². The van der Waals surface area contributed by atoms with Crippen molar-refractivity contribution in [3.05, 3.63) is 10.6 Å². The zero-order chi connectivity index (χ0) is 21.4. The highest BCUT2D eigenvalue weighted by Gasteiger charge is 2.61. The molecule has 4 aliphatic rings. The number of aliphatic hydroxyl groups is 1. The molecule has 1 unspecified atom stereocenters. The molecule has 6 atom stereocenters. The lowest BCUT2D eigenvalue weighted by atomic mass is 9.79. The highest BCUT2D eigenvalue weighted by atomic mass is 32.2. The number of hydrogen-bond donors (Lipinski definition) is 2. The summed E-state index contributed by atoms with van der Waals surface area (Å²) < 4.78 is 0. The fraction of sp³-hybridized carbons (Fsp3) is 0.750. The minimum Gasteiger partial charge on any atom is -0.477 e. The fourth-order valence-electron chi connectivity index (χ4n) is 5.73. The summed E-state index contributed by atoms with van der Waals surface area (Å²) in [4.78, 5) is 43.5. The molecule has 0 bridgehead atoms. The van der Waals surface area contributed by atoms with E-state index in [1.165, 1.54) is 16.7 Å². The summed E-state index contributed by atoms with van der Waals surface area (Å²) in [6.07, 6.45) is -0.133. The van der Waals surface area contributed by atoms with Crippen molar-refractivity contribution in [1.82, 2.24) is 14.7 Å². The molecular weight excluding hydrogens is 394 g/mol. The van der Waals surface area contributed by atoms with Gasteiger partial charge >= 0.3 is 5.97 Å². The number of amides is 2. The zero-order valence-corrected chi connectivity index (χ0v) is 18.3. The van der Waals surface area contributed by atoms with E-state index in [1.54, 1.807) is 6.92 Å². The van der Waals surface area contributed by atoms with Gasteiger partial charge < -0.3 is 20.0 Å². The summed E-state index contributed by atoms with van der Waals surface area (Å²) in [6, 6.07) is -0.470. The Morgan fingerprint density at radius 3 is 2.48 bits per heavy atom. The van der Waals surface area contributed by atoms with Crippen LogP contribution < -0.4 is 0 Å². The van der Waals surface area contributed by atoms with Gasteiger partial charge in [0.2, 0.25) is 11.8 Å². The van der Waals surface area contributed by atoms with E-state index in [0.29, 0.717) is 24.4 Å². The van der Waals surface area contributed by atoms with Crippen LogP contribution in [0.15, 0.2) is 10.6 Å². The number of β-lactam (4-membered cyclic amide) rings is 1. The second-order valence-electron chi connectivity index (χ2n) is 8.99. The molecule has 0 aliphatic carbocycles. The first-order valence-electron chi connectivity index (χ1n) is 10.3. The molecule has 8 nitrogen and oxygen atoms in total. The van der Waals surface area contributed by atoms with Crippen LogP contribution in [0, 0.1) is 11.8 Å². The van der Waals surface area contributed by atoms with Crippen molar-refractivity contribution in [3.8, 4) is 0 Å². The molecule has 4 rings (SSSR count). The molecule has 4 heterocycles.